The third kappa shape index (κ3) is 4.42. The minimum atomic E-state index is -0.441. The number of nitrogens with zero attached hydrogens (tertiary/aromatic N) is 2. The molecule has 2 unspecified atom stereocenters. The Morgan fingerprint density at radius 3 is 2.72 bits per heavy atom. The van der Waals surface area contributed by atoms with E-state index in [1.54, 1.807) is 31.3 Å². The summed E-state index contributed by atoms with van der Waals surface area (Å²) in [4.78, 5) is 25.3. The van der Waals surface area contributed by atoms with Crippen molar-refractivity contribution in [2.45, 2.75) is 31.8 Å². The highest BCUT2D eigenvalue weighted by Gasteiger charge is 2.33. The molecule has 8 nitrogen and oxygen atoms in total. The molecule has 2 atom stereocenters. The van der Waals surface area contributed by atoms with E-state index >= 15 is 0 Å². The van der Waals surface area contributed by atoms with Gasteiger partial charge in [-0.25, -0.2) is 4.79 Å². The highest BCUT2D eigenvalue weighted by atomic mass is 16.6. The van der Waals surface area contributed by atoms with Gasteiger partial charge in [0.05, 0.1) is 31.2 Å². The van der Waals surface area contributed by atoms with Gasteiger partial charge in [0.25, 0.3) is 5.69 Å². The number of non-ortho nitro benzene ring substituents is 1. The fourth-order valence-corrected chi connectivity index (χ4v) is 3.69. The normalized spacial score (nSPS) is 16.9. The zero-order chi connectivity index (χ0) is 21.0. The summed E-state index contributed by atoms with van der Waals surface area (Å²) in [6, 6.07) is 11.2. The number of ether oxygens (including phenoxy) is 2. The van der Waals surface area contributed by atoms with Crippen LogP contribution in [0.1, 0.15) is 43.0 Å². The molecule has 1 fully saturated rings. The molecule has 1 aliphatic heterocycles. The van der Waals surface area contributed by atoms with Gasteiger partial charge in [0.15, 0.2) is 0 Å². The van der Waals surface area contributed by atoms with Crippen molar-refractivity contribution in [2.24, 2.45) is 0 Å². The molecule has 2 aromatic carbocycles. The summed E-state index contributed by atoms with van der Waals surface area (Å²) in [6.45, 7) is 2.44. The van der Waals surface area contributed by atoms with Gasteiger partial charge in [-0.15, -0.1) is 0 Å². The summed E-state index contributed by atoms with van der Waals surface area (Å²) >= 11 is 0. The lowest BCUT2D eigenvalue weighted by molar-refractivity contribution is -0.384. The largest absolute Gasteiger partial charge is 0.497 e. The first kappa shape index (κ1) is 20.4. The van der Waals surface area contributed by atoms with E-state index in [9.17, 15) is 14.9 Å². The predicted octanol–water partition coefficient (Wildman–Crippen LogP) is 4.22. The van der Waals surface area contributed by atoms with Gasteiger partial charge in [-0.1, -0.05) is 12.1 Å². The summed E-state index contributed by atoms with van der Waals surface area (Å²) in [6.07, 6.45) is 1.70. The lowest BCUT2D eigenvalue weighted by Crippen LogP contribution is -2.40. The standard InChI is InChI=1S/C21H25N3O5/c1-14(15-6-4-7-16(12-15)24(26)27)22-21(25)23-11-5-8-19(23)18-13-17(28-2)9-10-20(18)29-3/h4,6-7,9-10,12-14,19H,5,8,11H2,1-3H3,(H,22,25). The second-order valence-corrected chi connectivity index (χ2v) is 6.98. The summed E-state index contributed by atoms with van der Waals surface area (Å²) < 4.78 is 10.8. The van der Waals surface area contributed by atoms with E-state index in [4.69, 9.17) is 9.47 Å². The van der Waals surface area contributed by atoms with Gasteiger partial charge in [-0.2, -0.15) is 0 Å². The number of nitro benzene ring substituents is 1. The zero-order valence-electron chi connectivity index (χ0n) is 16.8. The first-order chi connectivity index (χ1) is 13.9. The Bertz CT molecular complexity index is 902. The molecule has 1 N–H and O–H groups in total. The molecule has 0 bridgehead atoms. The van der Waals surface area contributed by atoms with Gasteiger partial charge in [-0.05, 0) is 43.5 Å². The molecule has 0 saturated carbocycles. The average Bonchev–Trinajstić information content (AvgIpc) is 3.23. The van der Waals surface area contributed by atoms with Crippen LogP contribution in [0.4, 0.5) is 10.5 Å². The lowest BCUT2D eigenvalue weighted by Gasteiger charge is -2.28. The van der Waals surface area contributed by atoms with Crippen molar-refractivity contribution < 1.29 is 19.2 Å². The molecular weight excluding hydrogens is 374 g/mol. The van der Waals surface area contributed by atoms with E-state index in [0.29, 0.717) is 23.6 Å². The maximum Gasteiger partial charge on any atom is 0.318 e. The number of likely N-dealkylation sites (tertiary alicyclic amines) is 1. The molecule has 0 spiro atoms. The van der Waals surface area contributed by atoms with Crippen LogP contribution in [0, 0.1) is 10.1 Å². The Labute approximate surface area is 169 Å². The Morgan fingerprint density at radius 2 is 2.03 bits per heavy atom. The Kier molecular flexibility index (Phi) is 6.21. The minimum Gasteiger partial charge on any atom is -0.497 e. The molecule has 1 aliphatic rings. The third-order valence-electron chi connectivity index (χ3n) is 5.23. The zero-order valence-corrected chi connectivity index (χ0v) is 16.8. The molecule has 3 rings (SSSR count). The number of benzene rings is 2. The van der Waals surface area contributed by atoms with Crippen molar-refractivity contribution in [3.05, 3.63) is 63.7 Å². The first-order valence-electron chi connectivity index (χ1n) is 9.48. The molecule has 154 valence electrons. The molecule has 1 saturated heterocycles. The number of carbonyl (C=O) groups excluding carboxylic acids is 1. The molecule has 0 aromatic heterocycles. The number of urea groups is 1. The van der Waals surface area contributed by atoms with Crippen LogP contribution in [0.5, 0.6) is 11.5 Å². The van der Waals surface area contributed by atoms with Crippen LogP contribution in [0.3, 0.4) is 0 Å². The lowest BCUT2D eigenvalue weighted by atomic mass is 10.0. The molecular formula is C21H25N3O5. The second kappa shape index (κ2) is 8.81. The van der Waals surface area contributed by atoms with Gasteiger partial charge in [0.2, 0.25) is 0 Å². The molecule has 0 aliphatic carbocycles. The number of carbonyl (C=O) groups is 1. The number of rotatable bonds is 6. The molecule has 1 heterocycles. The quantitative estimate of drug-likeness (QED) is 0.580. The number of amides is 2. The van der Waals surface area contributed by atoms with Crippen LogP contribution >= 0.6 is 0 Å². The van der Waals surface area contributed by atoms with Crippen molar-refractivity contribution in [2.75, 3.05) is 20.8 Å². The Balaban J connectivity index is 1.78. The topological polar surface area (TPSA) is 93.9 Å². The van der Waals surface area contributed by atoms with Gasteiger partial charge < -0.3 is 19.7 Å². The summed E-state index contributed by atoms with van der Waals surface area (Å²) in [5.74, 6) is 1.42. The number of nitrogens with one attached hydrogen (secondary N) is 1. The second-order valence-electron chi connectivity index (χ2n) is 6.98. The highest BCUT2D eigenvalue weighted by Crippen LogP contribution is 2.39. The SMILES string of the molecule is COc1ccc(OC)c(C2CCCN2C(=O)NC(C)c2cccc([N+](=O)[O-])c2)c1. The van der Waals surface area contributed by atoms with Gasteiger partial charge in [0.1, 0.15) is 11.5 Å². The molecule has 2 aromatic rings. The van der Waals surface area contributed by atoms with Crippen molar-refractivity contribution in [3.63, 3.8) is 0 Å². The maximum absolute atomic E-state index is 13.0. The maximum atomic E-state index is 13.0. The van der Waals surface area contributed by atoms with E-state index in [0.717, 1.165) is 18.4 Å². The smallest absolute Gasteiger partial charge is 0.318 e. The molecule has 29 heavy (non-hydrogen) atoms. The fraction of sp³-hybridized carbons (Fsp3) is 0.381. The highest BCUT2D eigenvalue weighted by molar-refractivity contribution is 5.76. The monoisotopic (exact) mass is 399 g/mol. The van der Waals surface area contributed by atoms with E-state index < -0.39 is 4.92 Å². The van der Waals surface area contributed by atoms with E-state index in [2.05, 4.69) is 5.32 Å². The fourth-order valence-electron chi connectivity index (χ4n) is 3.69. The molecule has 0 radical (unpaired) electrons. The summed E-state index contributed by atoms with van der Waals surface area (Å²) in [5, 5.41) is 14.0. The number of nitro groups is 1. The van der Waals surface area contributed by atoms with Crippen molar-refractivity contribution in [1.82, 2.24) is 10.2 Å². The number of hydrogen-bond acceptors (Lipinski definition) is 5. The van der Waals surface area contributed by atoms with Crippen molar-refractivity contribution in [1.29, 1.82) is 0 Å². The predicted molar refractivity (Wildman–Crippen MR) is 108 cm³/mol. The van der Waals surface area contributed by atoms with E-state index in [-0.39, 0.29) is 23.8 Å². The van der Waals surface area contributed by atoms with E-state index in [1.807, 2.05) is 25.1 Å². The van der Waals surface area contributed by atoms with E-state index in [1.165, 1.54) is 12.1 Å². The molecule has 8 heteroatoms. The van der Waals surface area contributed by atoms with Crippen LogP contribution < -0.4 is 14.8 Å². The van der Waals surface area contributed by atoms with Gasteiger partial charge >= 0.3 is 6.03 Å². The summed E-state index contributed by atoms with van der Waals surface area (Å²) in [7, 11) is 3.21. The summed E-state index contributed by atoms with van der Waals surface area (Å²) in [5.41, 5.74) is 1.59. The van der Waals surface area contributed by atoms with Crippen LogP contribution in [0.15, 0.2) is 42.5 Å². The van der Waals surface area contributed by atoms with Crippen LogP contribution in [-0.4, -0.2) is 36.6 Å². The van der Waals surface area contributed by atoms with Gasteiger partial charge in [0, 0.05) is 24.2 Å². The Morgan fingerprint density at radius 1 is 1.24 bits per heavy atom. The van der Waals surface area contributed by atoms with Gasteiger partial charge in [-0.3, -0.25) is 10.1 Å². The first-order valence-corrected chi connectivity index (χ1v) is 9.48. The third-order valence-corrected chi connectivity index (χ3v) is 5.23. The Hall–Kier alpha value is -3.29. The van der Waals surface area contributed by atoms with Crippen molar-refractivity contribution in [3.8, 4) is 11.5 Å². The van der Waals surface area contributed by atoms with Crippen LogP contribution in [0.2, 0.25) is 0 Å². The number of methoxy groups -OCH3 is 2. The minimum absolute atomic E-state index is 0.00349. The number of hydrogen-bond donors (Lipinski definition) is 1. The average molecular weight is 399 g/mol. The van der Waals surface area contributed by atoms with Crippen molar-refractivity contribution >= 4 is 11.7 Å². The van der Waals surface area contributed by atoms with Crippen LogP contribution in [0.25, 0.3) is 0 Å². The van der Waals surface area contributed by atoms with Crippen LogP contribution in [-0.2, 0) is 0 Å². The molecule has 2 amide bonds.